The van der Waals surface area contributed by atoms with E-state index in [-0.39, 0.29) is 11.6 Å². The third-order valence-electron chi connectivity index (χ3n) is 7.84. The van der Waals surface area contributed by atoms with Crippen molar-refractivity contribution >= 4 is 16.3 Å². The van der Waals surface area contributed by atoms with E-state index in [1.165, 1.54) is 46.7 Å². The number of fused-ring (bicyclic) bond motifs is 1. The SMILES string of the molecule is Cc1ccc(C)c(C2=CCCC2)c1F.Cc1ccc(C)c(C2CC2)c1F.Cc1ccc(C)c2ccccc12. The topological polar surface area (TPSA) is 0 Å². The summed E-state index contributed by atoms with van der Waals surface area (Å²) in [6.45, 7) is 11.9. The average Bonchev–Trinajstić information content (AvgIpc) is 3.60. The maximum absolute atomic E-state index is 13.9. The molecule has 2 heteroatoms. The van der Waals surface area contributed by atoms with E-state index in [4.69, 9.17) is 0 Å². The molecule has 0 N–H and O–H groups in total. The molecule has 0 spiro atoms. The van der Waals surface area contributed by atoms with E-state index in [2.05, 4.69) is 56.3 Å². The van der Waals surface area contributed by atoms with Gasteiger partial charge in [0.05, 0.1) is 0 Å². The van der Waals surface area contributed by atoms with Gasteiger partial charge in [0.25, 0.3) is 0 Å². The molecular formula is C36H40F2. The number of halogens is 2. The molecule has 0 radical (unpaired) electrons. The molecule has 0 heterocycles. The van der Waals surface area contributed by atoms with Gasteiger partial charge in [-0.3, -0.25) is 0 Å². The van der Waals surface area contributed by atoms with Gasteiger partial charge in [0, 0.05) is 5.56 Å². The highest BCUT2D eigenvalue weighted by Crippen LogP contribution is 2.43. The molecule has 198 valence electrons. The molecule has 1 saturated carbocycles. The van der Waals surface area contributed by atoms with Crippen molar-refractivity contribution in [3.8, 4) is 0 Å². The summed E-state index contributed by atoms with van der Waals surface area (Å²) in [7, 11) is 0. The van der Waals surface area contributed by atoms with Gasteiger partial charge < -0.3 is 0 Å². The van der Waals surface area contributed by atoms with E-state index < -0.39 is 0 Å². The number of allylic oxidation sites excluding steroid dienone is 2. The van der Waals surface area contributed by atoms with E-state index in [0.29, 0.717) is 5.92 Å². The largest absolute Gasteiger partial charge is 0.206 e. The van der Waals surface area contributed by atoms with Crippen molar-refractivity contribution < 1.29 is 8.78 Å². The lowest BCUT2D eigenvalue weighted by Crippen LogP contribution is -1.95. The number of hydrogen-bond acceptors (Lipinski definition) is 0. The van der Waals surface area contributed by atoms with Crippen molar-refractivity contribution in [2.75, 3.05) is 0 Å². The smallest absolute Gasteiger partial charge is 0.133 e. The highest BCUT2D eigenvalue weighted by Gasteiger charge is 2.28. The van der Waals surface area contributed by atoms with E-state index in [1.807, 2.05) is 52.0 Å². The van der Waals surface area contributed by atoms with Crippen LogP contribution >= 0.6 is 0 Å². The molecule has 1 fully saturated rings. The van der Waals surface area contributed by atoms with E-state index in [9.17, 15) is 8.78 Å². The Morgan fingerprint density at radius 1 is 0.579 bits per heavy atom. The Bertz CT molecular complexity index is 1430. The van der Waals surface area contributed by atoms with Gasteiger partial charge in [-0.2, -0.15) is 0 Å². The molecule has 2 aliphatic carbocycles. The zero-order chi connectivity index (χ0) is 27.4. The lowest BCUT2D eigenvalue weighted by atomic mass is 9.97. The fraction of sp³-hybridized carbons (Fsp3) is 0.333. The lowest BCUT2D eigenvalue weighted by Gasteiger charge is -2.10. The Morgan fingerprint density at radius 2 is 1.08 bits per heavy atom. The van der Waals surface area contributed by atoms with Crippen LogP contribution in [0, 0.1) is 53.2 Å². The molecule has 2 aliphatic rings. The highest BCUT2D eigenvalue weighted by atomic mass is 19.1. The average molecular weight is 511 g/mol. The Hall–Kier alpha value is -3.26. The minimum atomic E-state index is -0.0295. The molecule has 0 aromatic heterocycles. The minimum Gasteiger partial charge on any atom is -0.206 e. The Kier molecular flexibility index (Phi) is 8.82. The molecule has 0 atom stereocenters. The summed E-state index contributed by atoms with van der Waals surface area (Å²) in [5.74, 6) is 0.514. The lowest BCUT2D eigenvalue weighted by molar-refractivity contribution is 0.599. The summed E-state index contributed by atoms with van der Waals surface area (Å²) in [6, 6.07) is 20.6. The zero-order valence-corrected chi connectivity index (χ0v) is 23.7. The third-order valence-corrected chi connectivity index (χ3v) is 7.84. The second-order valence-corrected chi connectivity index (χ2v) is 11.0. The second-order valence-electron chi connectivity index (χ2n) is 11.0. The van der Waals surface area contributed by atoms with Crippen molar-refractivity contribution in [1.29, 1.82) is 0 Å². The molecule has 4 aromatic carbocycles. The zero-order valence-electron chi connectivity index (χ0n) is 23.7. The van der Waals surface area contributed by atoms with Crippen LogP contribution in [-0.2, 0) is 0 Å². The molecule has 0 saturated heterocycles. The highest BCUT2D eigenvalue weighted by molar-refractivity contribution is 5.88. The van der Waals surface area contributed by atoms with Gasteiger partial charge in [0.1, 0.15) is 11.6 Å². The van der Waals surface area contributed by atoms with Crippen LogP contribution in [0.2, 0.25) is 0 Å². The summed E-state index contributed by atoms with van der Waals surface area (Å²) in [6.07, 6.45) is 7.80. The fourth-order valence-corrected chi connectivity index (χ4v) is 5.34. The van der Waals surface area contributed by atoms with Gasteiger partial charge in [-0.25, -0.2) is 8.78 Å². The number of hydrogen-bond donors (Lipinski definition) is 0. The molecule has 0 amide bonds. The van der Waals surface area contributed by atoms with E-state index in [0.717, 1.165) is 46.2 Å². The quantitative estimate of drug-likeness (QED) is 0.251. The summed E-state index contributed by atoms with van der Waals surface area (Å²) in [5.41, 5.74) is 9.43. The normalized spacial score (nSPS) is 14.4. The number of aryl methyl sites for hydroxylation is 6. The van der Waals surface area contributed by atoms with Gasteiger partial charge in [-0.15, -0.1) is 0 Å². The Balaban J connectivity index is 0.000000133. The first kappa shape index (κ1) is 27.8. The maximum atomic E-state index is 13.9. The number of benzene rings is 4. The third kappa shape index (κ3) is 6.23. The van der Waals surface area contributed by atoms with Crippen molar-refractivity contribution in [2.45, 2.75) is 79.6 Å². The maximum Gasteiger partial charge on any atom is 0.133 e. The number of rotatable bonds is 2. The first-order valence-corrected chi connectivity index (χ1v) is 13.8. The van der Waals surface area contributed by atoms with Crippen molar-refractivity contribution in [3.63, 3.8) is 0 Å². The van der Waals surface area contributed by atoms with Crippen LogP contribution in [0.25, 0.3) is 16.3 Å². The van der Waals surface area contributed by atoms with E-state index >= 15 is 0 Å². The molecule has 6 rings (SSSR count). The van der Waals surface area contributed by atoms with Crippen LogP contribution in [0.15, 0.2) is 66.7 Å². The van der Waals surface area contributed by atoms with Gasteiger partial charge >= 0.3 is 0 Å². The van der Waals surface area contributed by atoms with E-state index in [1.54, 1.807) is 0 Å². The van der Waals surface area contributed by atoms with Gasteiger partial charge in [-0.1, -0.05) is 66.7 Å². The second kappa shape index (κ2) is 12.1. The van der Waals surface area contributed by atoms with Crippen molar-refractivity contribution in [2.24, 2.45) is 0 Å². The first-order chi connectivity index (χ1) is 18.2. The van der Waals surface area contributed by atoms with Crippen molar-refractivity contribution in [3.05, 3.63) is 123 Å². The van der Waals surface area contributed by atoms with Gasteiger partial charge in [0.15, 0.2) is 0 Å². The fourth-order valence-electron chi connectivity index (χ4n) is 5.34. The van der Waals surface area contributed by atoms with Crippen LogP contribution in [0.5, 0.6) is 0 Å². The molecule has 4 aromatic rings. The monoisotopic (exact) mass is 510 g/mol. The van der Waals surface area contributed by atoms with Gasteiger partial charge in [0.2, 0.25) is 0 Å². The molecule has 0 aliphatic heterocycles. The van der Waals surface area contributed by atoms with Crippen molar-refractivity contribution in [1.82, 2.24) is 0 Å². The molecule has 38 heavy (non-hydrogen) atoms. The van der Waals surface area contributed by atoms with Crippen LogP contribution < -0.4 is 0 Å². The van der Waals surface area contributed by atoms with Crippen LogP contribution in [0.4, 0.5) is 8.78 Å². The minimum absolute atomic E-state index is 0.0255. The Labute approximate surface area is 227 Å². The van der Waals surface area contributed by atoms with Crippen LogP contribution in [-0.4, -0.2) is 0 Å². The molecule has 0 bridgehead atoms. The molecule has 0 unspecified atom stereocenters. The summed E-state index contributed by atoms with van der Waals surface area (Å²) < 4.78 is 27.4. The standard InChI is InChI=1S/C13H15F.C12H12.C11H13F/c1-9-7-8-10(2)13(14)12(9)11-5-3-4-6-11;1-9-7-8-10(2)12-6-4-3-5-11(9)12;1-7-3-4-8(2)11(12)10(7)9-5-6-9/h5,7-8H,3-4,6H2,1-2H3;3-8H,1-2H3;3-4,9H,5-6H2,1-2H3. The molecule has 0 nitrogen and oxygen atoms in total. The molecular weight excluding hydrogens is 470 g/mol. The van der Waals surface area contributed by atoms with Crippen LogP contribution in [0.1, 0.15) is 82.5 Å². The summed E-state index contributed by atoms with van der Waals surface area (Å²) in [5, 5.41) is 2.75. The summed E-state index contributed by atoms with van der Waals surface area (Å²) in [4.78, 5) is 0. The predicted octanol–water partition coefficient (Wildman–Crippen LogP) is 10.8. The predicted molar refractivity (Wildman–Crippen MR) is 159 cm³/mol. The first-order valence-electron chi connectivity index (χ1n) is 13.8. The van der Waals surface area contributed by atoms with Crippen LogP contribution in [0.3, 0.4) is 0 Å². The Morgan fingerprint density at radius 3 is 1.61 bits per heavy atom. The van der Waals surface area contributed by atoms with Gasteiger partial charge in [-0.05, 0) is 135 Å². The summed E-state index contributed by atoms with van der Waals surface area (Å²) >= 11 is 0.